The van der Waals surface area contributed by atoms with Crippen molar-refractivity contribution in [2.45, 2.75) is 41.0 Å². The molecule has 0 N–H and O–H groups in total. The Labute approximate surface area is 87.7 Å². The van der Waals surface area contributed by atoms with Crippen LogP contribution in [0.3, 0.4) is 0 Å². The number of amides is 1. The lowest BCUT2D eigenvalue weighted by atomic mass is 9.68. The predicted molar refractivity (Wildman–Crippen MR) is 59.0 cm³/mol. The molecule has 1 saturated heterocycles. The maximum absolute atomic E-state index is 12.0. The molecular weight excluding hydrogens is 174 g/mol. The fourth-order valence-corrected chi connectivity index (χ4v) is 2.37. The van der Waals surface area contributed by atoms with Crippen molar-refractivity contribution in [1.29, 1.82) is 0 Å². The number of likely N-dealkylation sites (tertiary alicyclic amines) is 1. The van der Waals surface area contributed by atoms with Crippen LogP contribution >= 0.6 is 0 Å². The normalized spacial score (nSPS) is 28.0. The van der Waals surface area contributed by atoms with E-state index in [2.05, 4.69) is 34.6 Å². The molecule has 0 aromatic rings. The second kappa shape index (κ2) is 3.25. The third kappa shape index (κ3) is 2.28. The highest BCUT2D eigenvalue weighted by Crippen LogP contribution is 2.41. The van der Waals surface area contributed by atoms with Gasteiger partial charge < -0.3 is 4.90 Å². The van der Waals surface area contributed by atoms with Crippen molar-refractivity contribution in [1.82, 2.24) is 4.90 Å². The zero-order valence-corrected chi connectivity index (χ0v) is 10.3. The number of hydrogen-bond donors (Lipinski definition) is 0. The van der Waals surface area contributed by atoms with Gasteiger partial charge in [-0.1, -0.05) is 34.6 Å². The lowest BCUT2D eigenvalue weighted by Crippen LogP contribution is -2.50. The van der Waals surface area contributed by atoms with E-state index in [9.17, 15) is 4.79 Å². The highest BCUT2D eigenvalue weighted by atomic mass is 16.2. The quantitative estimate of drug-likeness (QED) is 0.584. The SMILES string of the molecule is CN1CC(C)(C)CC(C(C)(C)C)C1=O. The predicted octanol–water partition coefficient (Wildman–Crippen LogP) is 2.54. The van der Waals surface area contributed by atoms with Gasteiger partial charge in [-0.3, -0.25) is 4.79 Å². The molecule has 0 bridgehead atoms. The van der Waals surface area contributed by atoms with Crippen molar-refractivity contribution in [3.05, 3.63) is 0 Å². The molecule has 0 aliphatic carbocycles. The zero-order valence-electron chi connectivity index (χ0n) is 10.3. The Morgan fingerprint density at radius 3 is 2.29 bits per heavy atom. The van der Waals surface area contributed by atoms with Crippen molar-refractivity contribution >= 4 is 5.91 Å². The van der Waals surface area contributed by atoms with E-state index in [-0.39, 0.29) is 16.7 Å². The summed E-state index contributed by atoms with van der Waals surface area (Å²) >= 11 is 0. The second-order valence-electron chi connectivity index (χ2n) is 6.48. The van der Waals surface area contributed by atoms with Crippen LogP contribution in [0.15, 0.2) is 0 Å². The van der Waals surface area contributed by atoms with Crippen LogP contribution in [0.4, 0.5) is 0 Å². The first-order valence-corrected chi connectivity index (χ1v) is 5.38. The molecular formula is C12H23NO. The van der Waals surface area contributed by atoms with Crippen LogP contribution in [0.1, 0.15) is 41.0 Å². The van der Waals surface area contributed by atoms with Crippen molar-refractivity contribution in [3.8, 4) is 0 Å². The highest BCUT2D eigenvalue weighted by Gasteiger charge is 2.42. The summed E-state index contributed by atoms with van der Waals surface area (Å²) in [4.78, 5) is 13.9. The molecule has 1 aliphatic rings. The maximum atomic E-state index is 12.0. The summed E-state index contributed by atoms with van der Waals surface area (Å²) in [6, 6.07) is 0. The standard InChI is InChI=1S/C12H23NO/c1-11(2,3)9-7-12(4,5)8-13(6)10(9)14/h9H,7-8H2,1-6H3. The average molecular weight is 197 g/mol. The van der Waals surface area contributed by atoms with Crippen molar-refractivity contribution < 1.29 is 4.79 Å². The number of rotatable bonds is 0. The van der Waals surface area contributed by atoms with E-state index < -0.39 is 0 Å². The monoisotopic (exact) mass is 197 g/mol. The Morgan fingerprint density at radius 1 is 1.36 bits per heavy atom. The first-order chi connectivity index (χ1) is 6.13. The number of hydrogen-bond acceptors (Lipinski definition) is 1. The van der Waals surface area contributed by atoms with Crippen molar-refractivity contribution in [3.63, 3.8) is 0 Å². The summed E-state index contributed by atoms with van der Waals surface area (Å²) in [7, 11) is 1.92. The van der Waals surface area contributed by atoms with Gasteiger partial charge in [-0.05, 0) is 17.3 Å². The summed E-state index contributed by atoms with van der Waals surface area (Å²) in [5.74, 6) is 0.494. The van der Waals surface area contributed by atoms with Gasteiger partial charge in [-0.2, -0.15) is 0 Å². The summed E-state index contributed by atoms with van der Waals surface area (Å²) in [6.45, 7) is 11.8. The van der Waals surface area contributed by atoms with Crippen LogP contribution in [0.2, 0.25) is 0 Å². The maximum Gasteiger partial charge on any atom is 0.225 e. The molecule has 0 saturated carbocycles. The minimum absolute atomic E-state index is 0.0863. The van der Waals surface area contributed by atoms with Crippen LogP contribution < -0.4 is 0 Å². The largest absolute Gasteiger partial charge is 0.345 e. The summed E-state index contributed by atoms with van der Waals surface area (Å²) in [5, 5.41) is 0. The number of nitrogens with zero attached hydrogens (tertiary/aromatic N) is 1. The minimum Gasteiger partial charge on any atom is -0.345 e. The summed E-state index contributed by atoms with van der Waals surface area (Å²) < 4.78 is 0. The highest BCUT2D eigenvalue weighted by molar-refractivity contribution is 5.80. The van der Waals surface area contributed by atoms with Gasteiger partial charge in [-0.15, -0.1) is 0 Å². The van der Waals surface area contributed by atoms with E-state index in [1.54, 1.807) is 0 Å². The average Bonchev–Trinajstić information content (AvgIpc) is 1.93. The smallest absolute Gasteiger partial charge is 0.225 e. The van der Waals surface area contributed by atoms with E-state index in [4.69, 9.17) is 0 Å². The topological polar surface area (TPSA) is 20.3 Å². The Kier molecular flexibility index (Phi) is 2.68. The molecule has 1 fully saturated rings. The van der Waals surface area contributed by atoms with Gasteiger partial charge in [0.1, 0.15) is 0 Å². The van der Waals surface area contributed by atoms with Gasteiger partial charge in [0.2, 0.25) is 5.91 Å². The number of carbonyl (C=O) groups is 1. The molecule has 14 heavy (non-hydrogen) atoms. The Bertz CT molecular complexity index is 237. The van der Waals surface area contributed by atoms with Gasteiger partial charge in [0, 0.05) is 19.5 Å². The molecule has 2 nitrogen and oxygen atoms in total. The van der Waals surface area contributed by atoms with Crippen LogP contribution in [-0.4, -0.2) is 24.4 Å². The summed E-state index contributed by atoms with van der Waals surface area (Å²) in [6.07, 6.45) is 1.01. The molecule has 1 aliphatic heterocycles. The molecule has 82 valence electrons. The molecule has 0 aromatic carbocycles. The van der Waals surface area contributed by atoms with E-state index >= 15 is 0 Å². The van der Waals surface area contributed by atoms with Crippen molar-refractivity contribution in [2.75, 3.05) is 13.6 Å². The van der Waals surface area contributed by atoms with E-state index in [0.29, 0.717) is 5.91 Å². The van der Waals surface area contributed by atoms with Gasteiger partial charge in [0.15, 0.2) is 0 Å². The third-order valence-electron chi connectivity index (χ3n) is 3.14. The first-order valence-electron chi connectivity index (χ1n) is 5.38. The zero-order chi connectivity index (χ0) is 11.1. The van der Waals surface area contributed by atoms with Crippen LogP contribution in [-0.2, 0) is 4.79 Å². The van der Waals surface area contributed by atoms with Gasteiger partial charge in [0.25, 0.3) is 0 Å². The Morgan fingerprint density at radius 2 is 1.86 bits per heavy atom. The molecule has 1 atom stereocenters. The van der Waals surface area contributed by atoms with Crippen LogP contribution in [0.25, 0.3) is 0 Å². The molecule has 2 heteroatoms. The third-order valence-corrected chi connectivity index (χ3v) is 3.14. The second-order valence-corrected chi connectivity index (χ2v) is 6.48. The van der Waals surface area contributed by atoms with Crippen LogP contribution in [0.5, 0.6) is 0 Å². The first kappa shape index (κ1) is 11.5. The molecule has 1 rings (SSSR count). The molecule has 0 radical (unpaired) electrons. The molecule has 1 heterocycles. The molecule has 0 aromatic heterocycles. The van der Waals surface area contributed by atoms with E-state index in [0.717, 1.165) is 13.0 Å². The molecule has 0 spiro atoms. The van der Waals surface area contributed by atoms with Gasteiger partial charge in [0.05, 0.1) is 0 Å². The van der Waals surface area contributed by atoms with Crippen LogP contribution in [0, 0.1) is 16.7 Å². The summed E-state index contributed by atoms with van der Waals surface area (Å²) in [5.41, 5.74) is 0.351. The number of piperidine rings is 1. The fraction of sp³-hybridized carbons (Fsp3) is 0.917. The van der Waals surface area contributed by atoms with E-state index in [1.807, 2.05) is 11.9 Å². The fourth-order valence-electron chi connectivity index (χ4n) is 2.37. The van der Waals surface area contributed by atoms with Gasteiger partial charge in [-0.25, -0.2) is 0 Å². The lowest BCUT2D eigenvalue weighted by molar-refractivity contribution is -0.146. The Balaban J connectivity index is 2.90. The van der Waals surface area contributed by atoms with Gasteiger partial charge >= 0.3 is 0 Å². The molecule has 1 amide bonds. The Hall–Kier alpha value is -0.530. The lowest BCUT2D eigenvalue weighted by Gasteiger charge is -2.45. The number of carbonyl (C=O) groups excluding carboxylic acids is 1. The molecule has 1 unspecified atom stereocenters. The van der Waals surface area contributed by atoms with Crippen molar-refractivity contribution in [2.24, 2.45) is 16.7 Å². The van der Waals surface area contributed by atoms with E-state index in [1.165, 1.54) is 0 Å². The minimum atomic E-state index is 0.0863.